The van der Waals surface area contributed by atoms with E-state index in [9.17, 15) is 19.8 Å². The third-order valence-corrected chi connectivity index (χ3v) is 5.07. The summed E-state index contributed by atoms with van der Waals surface area (Å²) in [6, 6.07) is 10.3. The van der Waals surface area contributed by atoms with E-state index in [2.05, 4.69) is 0 Å². The minimum atomic E-state index is -0.888. The molecule has 0 fully saturated rings. The number of ether oxygens (including phenoxy) is 1. The maximum atomic E-state index is 13.1. The van der Waals surface area contributed by atoms with Crippen LogP contribution in [0.25, 0.3) is 0 Å². The van der Waals surface area contributed by atoms with Crippen molar-refractivity contribution >= 4 is 29.0 Å². The lowest BCUT2D eigenvalue weighted by Gasteiger charge is -2.29. The topological polar surface area (TPSA) is 87.1 Å². The number of rotatable bonds is 4. The lowest BCUT2D eigenvalue weighted by molar-refractivity contribution is -0.123. The zero-order valence-corrected chi connectivity index (χ0v) is 17.3. The Morgan fingerprint density at radius 3 is 2.24 bits per heavy atom. The molecule has 7 heteroatoms. The summed E-state index contributed by atoms with van der Waals surface area (Å²) in [5.74, 6) is -1.14. The molecule has 2 aromatic carbocycles. The van der Waals surface area contributed by atoms with Gasteiger partial charge in [-0.15, -0.1) is 0 Å². The predicted molar refractivity (Wildman–Crippen MR) is 110 cm³/mol. The highest BCUT2D eigenvalue weighted by molar-refractivity contribution is 6.32. The van der Waals surface area contributed by atoms with Crippen LogP contribution in [-0.2, 0) is 9.59 Å². The second-order valence-corrected chi connectivity index (χ2v) is 8.24. The van der Waals surface area contributed by atoms with Gasteiger partial charge in [-0.3, -0.25) is 14.5 Å². The van der Waals surface area contributed by atoms with Crippen LogP contribution in [0.15, 0.2) is 53.8 Å². The van der Waals surface area contributed by atoms with E-state index < -0.39 is 23.1 Å². The number of benzene rings is 2. The van der Waals surface area contributed by atoms with E-state index in [1.165, 1.54) is 24.1 Å². The van der Waals surface area contributed by atoms with Gasteiger partial charge in [0.25, 0.3) is 5.91 Å². The van der Waals surface area contributed by atoms with E-state index in [1.54, 1.807) is 51.1 Å². The van der Waals surface area contributed by atoms with Crippen molar-refractivity contribution in [1.29, 1.82) is 0 Å². The van der Waals surface area contributed by atoms with Gasteiger partial charge in [0.05, 0.1) is 23.7 Å². The molecule has 0 saturated heterocycles. The lowest BCUT2D eigenvalue weighted by Crippen LogP contribution is -2.32. The largest absolute Gasteiger partial charge is 0.506 e. The van der Waals surface area contributed by atoms with Crippen LogP contribution >= 0.6 is 11.6 Å². The zero-order chi connectivity index (χ0) is 21.5. The van der Waals surface area contributed by atoms with Crippen molar-refractivity contribution in [3.63, 3.8) is 0 Å². The van der Waals surface area contributed by atoms with E-state index in [0.29, 0.717) is 17.0 Å². The molecule has 6 nitrogen and oxygen atoms in total. The maximum absolute atomic E-state index is 13.1. The summed E-state index contributed by atoms with van der Waals surface area (Å²) in [5.41, 5.74) is 0.153. The first-order valence-corrected chi connectivity index (χ1v) is 9.38. The van der Waals surface area contributed by atoms with Crippen LogP contribution in [0.3, 0.4) is 0 Å². The van der Waals surface area contributed by atoms with Gasteiger partial charge in [0, 0.05) is 11.1 Å². The Labute approximate surface area is 174 Å². The summed E-state index contributed by atoms with van der Waals surface area (Å²) in [7, 11) is 1.53. The van der Waals surface area contributed by atoms with Crippen molar-refractivity contribution in [3.05, 3.63) is 64.4 Å². The second-order valence-electron chi connectivity index (χ2n) is 7.83. The summed E-state index contributed by atoms with van der Waals surface area (Å²) in [4.78, 5) is 27.5. The first kappa shape index (κ1) is 20.7. The maximum Gasteiger partial charge on any atom is 0.294 e. The van der Waals surface area contributed by atoms with Gasteiger partial charge in [-0.05, 0) is 42.0 Å². The number of phenolic OH excluding ortho intramolecular Hbond substituents is 1. The van der Waals surface area contributed by atoms with Crippen LogP contribution in [0.5, 0.6) is 11.5 Å². The fraction of sp³-hybridized carbons (Fsp3) is 0.273. The first-order chi connectivity index (χ1) is 13.6. The summed E-state index contributed by atoms with van der Waals surface area (Å²) in [6.45, 7) is 5.16. The molecular formula is C22H22ClNO5. The van der Waals surface area contributed by atoms with Crippen molar-refractivity contribution in [3.8, 4) is 11.5 Å². The van der Waals surface area contributed by atoms with Gasteiger partial charge in [-0.25, -0.2) is 0 Å². The minimum Gasteiger partial charge on any atom is -0.506 e. The molecule has 0 spiro atoms. The predicted octanol–water partition coefficient (Wildman–Crippen LogP) is 4.57. The third kappa shape index (κ3) is 3.68. The number of Topliss-reactive ketones (excluding diaryl/α,β-unsaturated/α-hetero) is 1. The standard InChI is InChI=1S/C22H22ClNO5/c1-22(2,3)20(27)17-18(12-5-10-16(25)15(23)11-12)24(21(28)19(17)26)13-6-8-14(29-4)9-7-13/h5-11,18,25-26H,1-4H3. The molecule has 0 aliphatic carbocycles. The van der Waals surface area contributed by atoms with Gasteiger partial charge < -0.3 is 14.9 Å². The van der Waals surface area contributed by atoms with Crippen LogP contribution in [0.2, 0.25) is 5.02 Å². The van der Waals surface area contributed by atoms with Crippen molar-refractivity contribution in [2.24, 2.45) is 5.41 Å². The highest BCUT2D eigenvalue weighted by atomic mass is 35.5. The number of halogens is 1. The summed E-state index contributed by atoms with van der Waals surface area (Å²) in [5, 5.41) is 20.5. The highest BCUT2D eigenvalue weighted by Crippen LogP contribution is 2.44. The fourth-order valence-electron chi connectivity index (χ4n) is 3.26. The van der Waals surface area contributed by atoms with Gasteiger partial charge >= 0.3 is 0 Å². The number of aliphatic hydroxyl groups excluding tert-OH is 1. The molecule has 3 rings (SSSR count). The van der Waals surface area contributed by atoms with Crippen LogP contribution in [0, 0.1) is 5.41 Å². The molecule has 0 bridgehead atoms. The average Bonchev–Trinajstić information content (AvgIpc) is 2.94. The normalized spacial score (nSPS) is 17.1. The van der Waals surface area contributed by atoms with Crippen molar-refractivity contribution in [2.75, 3.05) is 12.0 Å². The Kier molecular flexibility index (Phi) is 5.32. The third-order valence-electron chi connectivity index (χ3n) is 4.77. The van der Waals surface area contributed by atoms with E-state index in [1.807, 2.05) is 0 Å². The van der Waals surface area contributed by atoms with Crippen LogP contribution in [0.1, 0.15) is 32.4 Å². The number of amides is 1. The number of nitrogens with zero attached hydrogens (tertiary/aromatic N) is 1. The van der Waals surface area contributed by atoms with E-state index in [4.69, 9.17) is 16.3 Å². The molecule has 29 heavy (non-hydrogen) atoms. The number of anilines is 1. The van der Waals surface area contributed by atoms with Gasteiger partial charge in [0.15, 0.2) is 11.5 Å². The molecule has 1 atom stereocenters. The number of methoxy groups -OCH3 is 1. The number of ketones is 1. The Bertz CT molecular complexity index is 1000. The monoisotopic (exact) mass is 415 g/mol. The number of hydrogen-bond donors (Lipinski definition) is 2. The fourth-order valence-corrected chi connectivity index (χ4v) is 3.45. The molecule has 1 amide bonds. The Morgan fingerprint density at radius 2 is 1.72 bits per heavy atom. The summed E-state index contributed by atoms with van der Waals surface area (Å²) in [6.07, 6.45) is 0. The van der Waals surface area contributed by atoms with E-state index >= 15 is 0 Å². The average molecular weight is 416 g/mol. The van der Waals surface area contributed by atoms with Crippen LogP contribution in [0.4, 0.5) is 5.69 Å². The van der Waals surface area contributed by atoms with Gasteiger partial charge in [-0.2, -0.15) is 0 Å². The lowest BCUT2D eigenvalue weighted by atomic mass is 9.82. The SMILES string of the molecule is COc1ccc(N2C(=O)C(O)=C(C(=O)C(C)(C)C)C2c2ccc(O)c(Cl)c2)cc1. The van der Waals surface area contributed by atoms with Gasteiger partial charge in [0.2, 0.25) is 0 Å². The van der Waals surface area contributed by atoms with E-state index in [-0.39, 0.29) is 22.1 Å². The first-order valence-electron chi connectivity index (χ1n) is 9.00. The Hall–Kier alpha value is -2.99. The highest BCUT2D eigenvalue weighted by Gasteiger charge is 2.46. The van der Waals surface area contributed by atoms with Gasteiger partial charge in [0.1, 0.15) is 11.5 Å². The minimum absolute atomic E-state index is 0.0000690. The van der Waals surface area contributed by atoms with Crippen molar-refractivity contribution in [1.82, 2.24) is 0 Å². The molecular weight excluding hydrogens is 394 g/mol. The Balaban J connectivity index is 2.20. The second kappa shape index (κ2) is 7.44. The Morgan fingerprint density at radius 1 is 1.10 bits per heavy atom. The van der Waals surface area contributed by atoms with Gasteiger partial charge in [-0.1, -0.05) is 38.4 Å². The molecule has 0 saturated carbocycles. The molecule has 1 unspecified atom stereocenters. The quantitative estimate of drug-likeness (QED) is 0.763. The van der Waals surface area contributed by atoms with Crippen molar-refractivity contribution in [2.45, 2.75) is 26.8 Å². The number of hydrogen-bond acceptors (Lipinski definition) is 5. The number of aliphatic hydroxyl groups is 1. The molecule has 0 radical (unpaired) electrons. The summed E-state index contributed by atoms with van der Waals surface area (Å²) >= 11 is 6.08. The van der Waals surface area contributed by atoms with Crippen molar-refractivity contribution < 1.29 is 24.5 Å². The zero-order valence-electron chi connectivity index (χ0n) is 16.6. The molecule has 152 valence electrons. The number of aromatic hydroxyl groups is 1. The molecule has 0 aromatic heterocycles. The number of carbonyl (C=O) groups excluding carboxylic acids is 2. The molecule has 1 aliphatic heterocycles. The summed E-state index contributed by atoms with van der Waals surface area (Å²) < 4.78 is 5.16. The van der Waals surface area contributed by atoms with Crippen LogP contribution in [-0.4, -0.2) is 29.0 Å². The molecule has 1 aliphatic rings. The molecule has 1 heterocycles. The number of carbonyl (C=O) groups is 2. The van der Waals surface area contributed by atoms with E-state index in [0.717, 1.165) is 0 Å². The number of phenols is 1. The molecule has 2 aromatic rings. The smallest absolute Gasteiger partial charge is 0.294 e. The van der Waals surface area contributed by atoms with Crippen LogP contribution < -0.4 is 9.64 Å². The molecule has 2 N–H and O–H groups in total.